The summed E-state index contributed by atoms with van der Waals surface area (Å²) in [6.45, 7) is 1.75. The molecule has 1 atom stereocenters. The van der Waals surface area contributed by atoms with Crippen LogP contribution in [0.15, 0.2) is 16.6 Å². The van der Waals surface area contributed by atoms with Gasteiger partial charge in [0, 0.05) is 23.4 Å². The second-order valence-electron chi connectivity index (χ2n) is 4.35. The van der Waals surface area contributed by atoms with E-state index in [0.29, 0.717) is 29.3 Å². The Labute approximate surface area is 112 Å². The fraction of sp³-hybridized carbons (Fsp3) is 0.417. The fourth-order valence-electron chi connectivity index (χ4n) is 2.05. The second kappa shape index (κ2) is 5.06. The Morgan fingerprint density at radius 3 is 2.78 bits per heavy atom. The number of aryl methyl sites for hydroxylation is 1. The van der Waals surface area contributed by atoms with Crippen LogP contribution in [0, 0.1) is 17.0 Å². The van der Waals surface area contributed by atoms with Crippen molar-refractivity contribution in [3.8, 4) is 5.75 Å². The molecule has 1 aliphatic carbocycles. The van der Waals surface area contributed by atoms with Crippen molar-refractivity contribution in [1.29, 1.82) is 0 Å². The molecule has 1 aromatic rings. The van der Waals surface area contributed by atoms with Crippen LogP contribution in [-0.2, 0) is 4.79 Å². The van der Waals surface area contributed by atoms with Gasteiger partial charge in [0.2, 0.25) is 0 Å². The number of rotatable bonds is 3. The maximum Gasteiger partial charge on any atom is 0.312 e. The molecule has 0 aromatic heterocycles. The summed E-state index contributed by atoms with van der Waals surface area (Å²) < 4.78 is 6.28. The molecule has 18 heavy (non-hydrogen) atoms. The minimum atomic E-state index is -0.468. The van der Waals surface area contributed by atoms with Gasteiger partial charge in [0.15, 0.2) is 5.75 Å². The molecule has 96 valence electrons. The molecule has 0 aliphatic heterocycles. The summed E-state index contributed by atoms with van der Waals surface area (Å²) in [5.74, 6) is 0.417. The number of carbonyl (C=O) groups is 1. The van der Waals surface area contributed by atoms with E-state index in [1.54, 1.807) is 13.0 Å². The van der Waals surface area contributed by atoms with E-state index in [1.165, 1.54) is 6.07 Å². The van der Waals surface area contributed by atoms with Crippen LogP contribution in [0.2, 0.25) is 0 Å². The van der Waals surface area contributed by atoms with Crippen LogP contribution in [0.25, 0.3) is 0 Å². The topological polar surface area (TPSA) is 69.4 Å². The molecule has 5 nitrogen and oxygen atoms in total. The number of halogens is 1. The zero-order valence-electron chi connectivity index (χ0n) is 9.81. The molecule has 1 aliphatic rings. The van der Waals surface area contributed by atoms with Crippen molar-refractivity contribution >= 4 is 27.4 Å². The Hall–Kier alpha value is -1.43. The predicted molar refractivity (Wildman–Crippen MR) is 68.8 cm³/mol. The number of carbonyl (C=O) groups excluding carboxylic acids is 1. The highest BCUT2D eigenvalue weighted by Crippen LogP contribution is 2.36. The molecule has 0 spiro atoms. The van der Waals surface area contributed by atoms with Crippen molar-refractivity contribution in [2.75, 3.05) is 0 Å². The van der Waals surface area contributed by atoms with E-state index in [-0.39, 0.29) is 23.3 Å². The monoisotopic (exact) mass is 313 g/mol. The molecular weight excluding hydrogens is 302 g/mol. The maximum atomic E-state index is 11.2. The highest BCUT2D eigenvalue weighted by atomic mass is 79.9. The van der Waals surface area contributed by atoms with Gasteiger partial charge in [0.05, 0.1) is 4.92 Å². The molecule has 0 bridgehead atoms. The molecule has 1 fully saturated rings. The van der Waals surface area contributed by atoms with Crippen LogP contribution in [0.4, 0.5) is 5.69 Å². The SMILES string of the molecule is Cc1cc(Br)cc([N+](=O)[O-])c1OC1CCC(=O)C1. The number of hydrogen-bond donors (Lipinski definition) is 0. The first kappa shape index (κ1) is 13.0. The normalized spacial score (nSPS) is 19.0. The van der Waals surface area contributed by atoms with Crippen LogP contribution in [0.1, 0.15) is 24.8 Å². The molecule has 6 heteroatoms. The van der Waals surface area contributed by atoms with E-state index in [4.69, 9.17) is 4.74 Å². The molecule has 2 rings (SSSR count). The average molecular weight is 314 g/mol. The zero-order valence-corrected chi connectivity index (χ0v) is 11.4. The number of hydrogen-bond acceptors (Lipinski definition) is 4. The third-order valence-electron chi connectivity index (χ3n) is 2.90. The Bertz CT molecular complexity index is 515. The minimum absolute atomic E-state index is 0.0683. The van der Waals surface area contributed by atoms with E-state index < -0.39 is 4.92 Å². The molecule has 0 saturated heterocycles. The lowest BCUT2D eigenvalue weighted by Gasteiger charge is -2.14. The average Bonchev–Trinajstić information content (AvgIpc) is 2.67. The Morgan fingerprint density at radius 1 is 1.50 bits per heavy atom. The van der Waals surface area contributed by atoms with Crippen molar-refractivity contribution in [1.82, 2.24) is 0 Å². The molecule has 0 amide bonds. The van der Waals surface area contributed by atoms with Crippen LogP contribution >= 0.6 is 15.9 Å². The van der Waals surface area contributed by atoms with Crippen LogP contribution in [0.5, 0.6) is 5.75 Å². The van der Waals surface area contributed by atoms with Gasteiger partial charge in [-0.15, -0.1) is 0 Å². The number of Topliss-reactive ketones (excluding diaryl/α,β-unsaturated/α-hetero) is 1. The molecule has 0 heterocycles. The van der Waals surface area contributed by atoms with Gasteiger partial charge in [-0.05, 0) is 25.0 Å². The minimum Gasteiger partial charge on any atom is -0.483 e. The van der Waals surface area contributed by atoms with Crippen molar-refractivity contribution in [3.63, 3.8) is 0 Å². The summed E-state index contributed by atoms with van der Waals surface area (Å²) >= 11 is 3.22. The standard InChI is InChI=1S/C12H12BrNO4/c1-7-4-8(13)5-11(14(16)17)12(7)18-10-3-2-9(15)6-10/h4-5,10H,2-3,6H2,1H3. The van der Waals surface area contributed by atoms with Gasteiger partial charge in [0.1, 0.15) is 11.9 Å². The summed E-state index contributed by atoms with van der Waals surface area (Å²) in [7, 11) is 0. The van der Waals surface area contributed by atoms with Gasteiger partial charge < -0.3 is 4.74 Å². The molecule has 1 unspecified atom stereocenters. The first-order chi connectivity index (χ1) is 8.47. The predicted octanol–water partition coefficient (Wildman–Crippen LogP) is 3.17. The zero-order chi connectivity index (χ0) is 13.3. The van der Waals surface area contributed by atoms with Crippen molar-refractivity contribution in [2.45, 2.75) is 32.3 Å². The van der Waals surface area contributed by atoms with Crippen LogP contribution in [0.3, 0.4) is 0 Å². The van der Waals surface area contributed by atoms with Gasteiger partial charge >= 0.3 is 5.69 Å². The third kappa shape index (κ3) is 2.69. The van der Waals surface area contributed by atoms with E-state index in [2.05, 4.69) is 15.9 Å². The first-order valence-corrected chi connectivity index (χ1v) is 6.39. The third-order valence-corrected chi connectivity index (χ3v) is 3.36. The lowest BCUT2D eigenvalue weighted by atomic mass is 10.2. The van der Waals surface area contributed by atoms with Gasteiger partial charge in [0.25, 0.3) is 0 Å². The summed E-state index contributed by atoms with van der Waals surface area (Å²) in [5.41, 5.74) is 0.622. The summed E-state index contributed by atoms with van der Waals surface area (Å²) in [6.07, 6.45) is 1.22. The van der Waals surface area contributed by atoms with E-state index >= 15 is 0 Å². The smallest absolute Gasteiger partial charge is 0.312 e. The highest BCUT2D eigenvalue weighted by molar-refractivity contribution is 9.10. The Morgan fingerprint density at radius 2 is 2.22 bits per heavy atom. The largest absolute Gasteiger partial charge is 0.483 e. The van der Waals surface area contributed by atoms with E-state index in [1.807, 2.05) is 0 Å². The van der Waals surface area contributed by atoms with Crippen LogP contribution in [-0.4, -0.2) is 16.8 Å². The van der Waals surface area contributed by atoms with Gasteiger partial charge in [-0.3, -0.25) is 14.9 Å². The fourth-order valence-corrected chi connectivity index (χ4v) is 2.61. The molecular formula is C12H12BrNO4. The van der Waals surface area contributed by atoms with Crippen LogP contribution < -0.4 is 4.74 Å². The second-order valence-corrected chi connectivity index (χ2v) is 5.27. The van der Waals surface area contributed by atoms with E-state index in [9.17, 15) is 14.9 Å². The van der Waals surface area contributed by atoms with Crippen molar-refractivity contribution < 1.29 is 14.5 Å². The van der Waals surface area contributed by atoms with Gasteiger partial charge in [-0.25, -0.2) is 0 Å². The van der Waals surface area contributed by atoms with Gasteiger partial charge in [-0.1, -0.05) is 15.9 Å². The Balaban J connectivity index is 2.31. The van der Waals surface area contributed by atoms with Crippen molar-refractivity contribution in [3.05, 3.63) is 32.3 Å². The number of ketones is 1. The van der Waals surface area contributed by atoms with Crippen molar-refractivity contribution in [2.24, 2.45) is 0 Å². The summed E-state index contributed by atoms with van der Waals surface area (Å²) in [6, 6.07) is 3.18. The maximum absolute atomic E-state index is 11.2. The lowest BCUT2D eigenvalue weighted by Crippen LogP contribution is -2.14. The summed E-state index contributed by atoms with van der Waals surface area (Å²) in [5, 5.41) is 11.0. The quantitative estimate of drug-likeness (QED) is 0.635. The molecule has 1 aromatic carbocycles. The number of nitrogens with zero attached hydrogens (tertiary/aromatic N) is 1. The number of nitro benzene ring substituents is 1. The number of nitro groups is 1. The number of benzene rings is 1. The lowest BCUT2D eigenvalue weighted by molar-refractivity contribution is -0.386. The summed E-state index contributed by atoms with van der Waals surface area (Å²) in [4.78, 5) is 21.7. The molecule has 0 N–H and O–H groups in total. The van der Waals surface area contributed by atoms with E-state index in [0.717, 1.165) is 0 Å². The highest BCUT2D eigenvalue weighted by Gasteiger charge is 2.27. The Kier molecular flexibility index (Phi) is 3.65. The molecule has 1 saturated carbocycles. The van der Waals surface area contributed by atoms with Gasteiger partial charge in [-0.2, -0.15) is 0 Å². The molecule has 0 radical (unpaired) electrons. The number of ether oxygens (including phenoxy) is 1. The first-order valence-electron chi connectivity index (χ1n) is 5.60.